The lowest BCUT2D eigenvalue weighted by Gasteiger charge is -2.06. The highest BCUT2D eigenvalue weighted by Gasteiger charge is 2.20. The smallest absolute Gasteiger partial charge is 0.140 e. The molecule has 1 heterocycles. The van der Waals surface area contributed by atoms with Gasteiger partial charge >= 0.3 is 0 Å². The lowest BCUT2D eigenvalue weighted by Crippen LogP contribution is -2.06. The van der Waals surface area contributed by atoms with Crippen LogP contribution in [0.1, 0.15) is 31.1 Å². The van der Waals surface area contributed by atoms with Crippen molar-refractivity contribution in [3.8, 4) is 0 Å². The van der Waals surface area contributed by atoms with Gasteiger partial charge < -0.3 is 9.73 Å². The van der Waals surface area contributed by atoms with Gasteiger partial charge in [-0.25, -0.2) is 8.78 Å². The quantitative estimate of drug-likeness (QED) is 0.886. The highest BCUT2D eigenvalue weighted by atomic mass is 19.1. The maximum atomic E-state index is 13.8. The SMILES string of the molecule is CNCc1oc2cc(F)cc(F)c2c1C(C)C. The average Bonchev–Trinajstić information content (AvgIpc) is 2.56. The van der Waals surface area contributed by atoms with E-state index in [2.05, 4.69) is 5.32 Å². The van der Waals surface area contributed by atoms with Crippen LogP contribution < -0.4 is 5.32 Å². The number of fused-ring (bicyclic) bond motifs is 1. The van der Waals surface area contributed by atoms with E-state index in [0.717, 1.165) is 11.6 Å². The van der Waals surface area contributed by atoms with Crippen LogP contribution in [0.3, 0.4) is 0 Å². The largest absolute Gasteiger partial charge is 0.459 e. The molecule has 0 aliphatic carbocycles. The molecule has 0 radical (unpaired) electrons. The van der Waals surface area contributed by atoms with Gasteiger partial charge in [0.25, 0.3) is 0 Å². The van der Waals surface area contributed by atoms with E-state index in [0.29, 0.717) is 17.7 Å². The molecule has 1 N–H and O–H groups in total. The number of nitrogens with one attached hydrogen (secondary N) is 1. The van der Waals surface area contributed by atoms with Crippen molar-refractivity contribution in [3.05, 3.63) is 35.1 Å². The van der Waals surface area contributed by atoms with Crippen LogP contribution in [0.15, 0.2) is 16.5 Å². The number of hydrogen-bond acceptors (Lipinski definition) is 2. The van der Waals surface area contributed by atoms with Crippen molar-refractivity contribution < 1.29 is 13.2 Å². The Balaban J connectivity index is 2.75. The van der Waals surface area contributed by atoms with Gasteiger partial charge in [0.15, 0.2) is 0 Å². The van der Waals surface area contributed by atoms with E-state index in [-0.39, 0.29) is 11.5 Å². The van der Waals surface area contributed by atoms with E-state index in [4.69, 9.17) is 4.42 Å². The highest BCUT2D eigenvalue weighted by Crippen LogP contribution is 2.34. The summed E-state index contributed by atoms with van der Waals surface area (Å²) in [5.41, 5.74) is 1.09. The molecule has 92 valence electrons. The van der Waals surface area contributed by atoms with E-state index in [1.165, 1.54) is 6.07 Å². The van der Waals surface area contributed by atoms with Crippen LogP contribution in [0.25, 0.3) is 11.0 Å². The molecular weight excluding hydrogens is 224 g/mol. The van der Waals surface area contributed by atoms with Crippen LogP contribution in [0.4, 0.5) is 8.78 Å². The molecule has 0 saturated carbocycles. The van der Waals surface area contributed by atoms with Crippen LogP contribution in [0.5, 0.6) is 0 Å². The fraction of sp³-hybridized carbons (Fsp3) is 0.385. The maximum absolute atomic E-state index is 13.8. The minimum absolute atomic E-state index is 0.125. The molecule has 0 atom stereocenters. The van der Waals surface area contributed by atoms with Gasteiger partial charge in [-0.2, -0.15) is 0 Å². The Morgan fingerprint density at radius 1 is 1.29 bits per heavy atom. The number of rotatable bonds is 3. The second kappa shape index (κ2) is 4.45. The zero-order valence-corrected chi connectivity index (χ0v) is 10.1. The first-order chi connectivity index (χ1) is 8.04. The van der Waals surface area contributed by atoms with Crippen molar-refractivity contribution in [2.75, 3.05) is 7.05 Å². The van der Waals surface area contributed by atoms with E-state index < -0.39 is 11.6 Å². The zero-order chi connectivity index (χ0) is 12.6. The first kappa shape index (κ1) is 12.0. The van der Waals surface area contributed by atoms with Crippen molar-refractivity contribution in [2.45, 2.75) is 26.3 Å². The molecule has 2 nitrogen and oxygen atoms in total. The van der Waals surface area contributed by atoms with Crippen molar-refractivity contribution >= 4 is 11.0 Å². The molecule has 0 saturated heterocycles. The van der Waals surface area contributed by atoms with Crippen molar-refractivity contribution in [3.63, 3.8) is 0 Å². The summed E-state index contributed by atoms with van der Waals surface area (Å²) in [5.74, 6) is -0.383. The molecule has 0 fully saturated rings. The van der Waals surface area contributed by atoms with E-state index in [1.807, 2.05) is 13.8 Å². The maximum Gasteiger partial charge on any atom is 0.140 e. The zero-order valence-electron chi connectivity index (χ0n) is 10.1. The van der Waals surface area contributed by atoms with Crippen LogP contribution >= 0.6 is 0 Å². The normalized spacial score (nSPS) is 11.6. The summed E-state index contributed by atoms with van der Waals surface area (Å²) in [6.07, 6.45) is 0. The van der Waals surface area contributed by atoms with Gasteiger partial charge in [-0.15, -0.1) is 0 Å². The monoisotopic (exact) mass is 239 g/mol. The van der Waals surface area contributed by atoms with Crippen LogP contribution in [0.2, 0.25) is 0 Å². The molecule has 0 unspecified atom stereocenters. The standard InChI is InChI=1S/C13H15F2NO/c1-7(2)12-11(6-16-3)17-10-5-8(14)4-9(15)13(10)12/h4-5,7,16H,6H2,1-3H3. The van der Waals surface area contributed by atoms with Crippen molar-refractivity contribution in [2.24, 2.45) is 0 Å². The highest BCUT2D eigenvalue weighted by molar-refractivity contribution is 5.83. The molecule has 4 heteroatoms. The van der Waals surface area contributed by atoms with Crippen molar-refractivity contribution in [1.82, 2.24) is 5.32 Å². The summed E-state index contributed by atoms with van der Waals surface area (Å²) in [6.45, 7) is 4.43. The summed E-state index contributed by atoms with van der Waals surface area (Å²) in [4.78, 5) is 0. The molecule has 0 aliphatic heterocycles. The Kier molecular flexibility index (Phi) is 3.15. The van der Waals surface area contributed by atoms with E-state index in [9.17, 15) is 8.78 Å². The summed E-state index contributed by atoms with van der Waals surface area (Å²) in [5, 5.41) is 3.36. The molecule has 2 rings (SSSR count). The van der Waals surface area contributed by atoms with Gasteiger partial charge in [0, 0.05) is 17.7 Å². The Labute approximate surface area is 98.6 Å². The predicted molar refractivity (Wildman–Crippen MR) is 63.0 cm³/mol. The summed E-state index contributed by atoms with van der Waals surface area (Å²) in [6, 6.07) is 2.12. The minimum Gasteiger partial charge on any atom is -0.459 e. The Hall–Kier alpha value is -1.42. The summed E-state index contributed by atoms with van der Waals surface area (Å²) >= 11 is 0. The van der Waals surface area contributed by atoms with Gasteiger partial charge in [0.1, 0.15) is 23.0 Å². The third-order valence-corrected chi connectivity index (χ3v) is 2.74. The number of benzene rings is 1. The molecule has 1 aromatic heterocycles. The fourth-order valence-corrected chi connectivity index (χ4v) is 2.12. The van der Waals surface area contributed by atoms with Crippen molar-refractivity contribution in [1.29, 1.82) is 0 Å². The van der Waals surface area contributed by atoms with Crippen LogP contribution in [-0.2, 0) is 6.54 Å². The van der Waals surface area contributed by atoms with Gasteiger partial charge in [0.05, 0.1) is 11.9 Å². The molecule has 0 spiro atoms. The molecule has 0 bridgehead atoms. The average molecular weight is 239 g/mol. The Morgan fingerprint density at radius 3 is 2.59 bits per heavy atom. The third kappa shape index (κ3) is 2.05. The molecule has 2 aromatic rings. The van der Waals surface area contributed by atoms with E-state index >= 15 is 0 Å². The lowest BCUT2D eigenvalue weighted by molar-refractivity contribution is 0.517. The van der Waals surface area contributed by atoms with E-state index in [1.54, 1.807) is 7.05 Å². The van der Waals surface area contributed by atoms with Gasteiger partial charge in [0.2, 0.25) is 0 Å². The molecule has 1 aromatic carbocycles. The molecule has 17 heavy (non-hydrogen) atoms. The topological polar surface area (TPSA) is 25.2 Å². The van der Waals surface area contributed by atoms with Gasteiger partial charge in [-0.1, -0.05) is 13.8 Å². The lowest BCUT2D eigenvalue weighted by atomic mass is 9.99. The van der Waals surface area contributed by atoms with Crippen LogP contribution in [0, 0.1) is 11.6 Å². The fourth-order valence-electron chi connectivity index (χ4n) is 2.12. The first-order valence-electron chi connectivity index (χ1n) is 5.59. The third-order valence-electron chi connectivity index (χ3n) is 2.74. The summed E-state index contributed by atoms with van der Waals surface area (Å²) < 4.78 is 32.4. The second-order valence-electron chi connectivity index (χ2n) is 4.38. The minimum atomic E-state index is -0.616. The Morgan fingerprint density at radius 2 is 2.00 bits per heavy atom. The predicted octanol–water partition coefficient (Wildman–Crippen LogP) is 3.55. The Bertz CT molecular complexity index is 546. The molecule has 0 aliphatic rings. The molecular formula is C13H15F2NO. The molecule has 0 amide bonds. The van der Waals surface area contributed by atoms with Crippen LogP contribution in [-0.4, -0.2) is 7.05 Å². The number of hydrogen-bond donors (Lipinski definition) is 1. The van der Waals surface area contributed by atoms with Gasteiger partial charge in [-0.3, -0.25) is 0 Å². The second-order valence-corrected chi connectivity index (χ2v) is 4.38. The number of furan rings is 1. The first-order valence-corrected chi connectivity index (χ1v) is 5.59. The number of halogens is 2. The summed E-state index contributed by atoms with van der Waals surface area (Å²) in [7, 11) is 1.79. The van der Waals surface area contributed by atoms with Gasteiger partial charge in [-0.05, 0) is 13.0 Å².